The van der Waals surface area contributed by atoms with Crippen LogP contribution in [-0.4, -0.2) is 60.9 Å². The molecule has 3 aliphatic heterocycles. The third-order valence-electron chi connectivity index (χ3n) is 10.9. The third kappa shape index (κ3) is 9.42. The number of hydrogen-bond acceptors (Lipinski definition) is 4. The van der Waals surface area contributed by atoms with Gasteiger partial charge < -0.3 is 40.4 Å². The highest BCUT2D eigenvalue weighted by Crippen LogP contribution is 2.34. The Labute approximate surface area is 316 Å². The number of ether oxygens (including phenoxy) is 2. The average Bonchev–Trinajstić information content (AvgIpc) is 3.14. The summed E-state index contributed by atoms with van der Waals surface area (Å²) < 4.78 is 43.6. The number of nitrogens with zero attached hydrogens (tertiary/aromatic N) is 3. The molecule has 4 aromatic rings. The van der Waals surface area contributed by atoms with Gasteiger partial charge >= 0.3 is 0 Å². The molecular formula is C42H52BrF2N3O4. The lowest BCUT2D eigenvalue weighted by Crippen LogP contribution is -3.00. The largest absolute Gasteiger partial charge is 1.00 e. The molecule has 0 saturated carbocycles. The number of carbonyl (C=O) groups is 1. The number of pyridine rings is 1. The molecule has 7 rings (SSSR count). The van der Waals surface area contributed by atoms with Crippen molar-refractivity contribution in [3.05, 3.63) is 94.3 Å². The summed E-state index contributed by atoms with van der Waals surface area (Å²) in [6, 6.07) is 15.7. The highest BCUT2D eigenvalue weighted by molar-refractivity contribution is 6.07. The number of aromatic nitrogens is 1. The van der Waals surface area contributed by atoms with Gasteiger partial charge in [-0.3, -0.25) is 9.59 Å². The molecule has 0 spiro atoms. The highest BCUT2D eigenvalue weighted by atomic mass is 79.9. The Morgan fingerprint density at radius 2 is 1.48 bits per heavy atom. The van der Waals surface area contributed by atoms with Gasteiger partial charge in [-0.25, -0.2) is 8.78 Å². The zero-order valence-corrected chi connectivity index (χ0v) is 32.1. The summed E-state index contributed by atoms with van der Waals surface area (Å²) in [5.74, 6) is 0.0485. The number of rotatable bonds is 17. The maximum absolute atomic E-state index is 14.2. The van der Waals surface area contributed by atoms with Crippen LogP contribution in [0.4, 0.5) is 14.5 Å². The second kappa shape index (κ2) is 18.3. The number of amides is 1. The van der Waals surface area contributed by atoms with E-state index in [-0.39, 0.29) is 34.8 Å². The summed E-state index contributed by atoms with van der Waals surface area (Å²) in [5, 5.41) is 0.330. The monoisotopic (exact) mass is 779 g/mol. The van der Waals surface area contributed by atoms with Crippen molar-refractivity contribution in [3.63, 3.8) is 0 Å². The van der Waals surface area contributed by atoms with E-state index in [1.165, 1.54) is 80.3 Å². The molecule has 2 bridgehead atoms. The number of anilines is 1. The molecule has 0 atom stereocenters. The number of carbonyl (C=O) groups excluding carboxylic acids is 1. The van der Waals surface area contributed by atoms with Crippen molar-refractivity contribution in [3.8, 4) is 17.2 Å². The lowest BCUT2D eigenvalue weighted by molar-refractivity contribution is -0.942. The fraction of sp³-hybridized carbons (Fsp3) is 0.476. The van der Waals surface area contributed by atoms with E-state index in [0.29, 0.717) is 41.3 Å². The number of halogens is 3. The van der Waals surface area contributed by atoms with Crippen molar-refractivity contribution in [1.82, 2.24) is 4.57 Å². The van der Waals surface area contributed by atoms with Gasteiger partial charge in [-0.2, -0.15) is 0 Å². The molecule has 3 fully saturated rings. The van der Waals surface area contributed by atoms with Crippen LogP contribution in [0, 0.1) is 17.6 Å². The van der Waals surface area contributed by atoms with E-state index < -0.39 is 23.0 Å². The predicted octanol–water partition coefficient (Wildman–Crippen LogP) is 6.08. The van der Waals surface area contributed by atoms with Crippen LogP contribution in [0.25, 0.3) is 16.6 Å². The maximum atomic E-state index is 14.2. The van der Waals surface area contributed by atoms with Crippen LogP contribution in [0.5, 0.6) is 11.5 Å². The summed E-state index contributed by atoms with van der Waals surface area (Å²) in [7, 11) is 0. The van der Waals surface area contributed by atoms with Gasteiger partial charge in [0.25, 0.3) is 5.91 Å². The maximum Gasteiger partial charge on any atom is 0.263 e. The molecule has 0 N–H and O–H groups in total. The lowest BCUT2D eigenvalue weighted by atomic mass is 9.85. The van der Waals surface area contributed by atoms with Crippen LogP contribution in [0.1, 0.15) is 88.4 Å². The van der Waals surface area contributed by atoms with Crippen LogP contribution in [0.3, 0.4) is 0 Å². The number of piperidine rings is 3. The predicted molar refractivity (Wildman–Crippen MR) is 199 cm³/mol. The van der Waals surface area contributed by atoms with Gasteiger partial charge in [0, 0.05) is 47.7 Å². The number of hydrogen-bond donors (Lipinski definition) is 0. The van der Waals surface area contributed by atoms with Gasteiger partial charge in [0.1, 0.15) is 28.7 Å². The smallest absolute Gasteiger partial charge is 0.263 e. The normalized spacial score (nSPS) is 17.9. The van der Waals surface area contributed by atoms with E-state index in [2.05, 4.69) is 6.92 Å². The third-order valence-corrected chi connectivity index (χ3v) is 10.9. The van der Waals surface area contributed by atoms with E-state index in [9.17, 15) is 18.4 Å². The van der Waals surface area contributed by atoms with Gasteiger partial charge in [0.05, 0.1) is 44.9 Å². The first-order valence-corrected chi connectivity index (χ1v) is 19.0. The van der Waals surface area contributed by atoms with E-state index in [0.717, 1.165) is 49.8 Å². The highest BCUT2D eigenvalue weighted by Gasteiger charge is 2.38. The van der Waals surface area contributed by atoms with E-state index in [1.54, 1.807) is 23.6 Å². The van der Waals surface area contributed by atoms with Gasteiger partial charge in [-0.15, -0.1) is 0 Å². The molecule has 0 aliphatic carbocycles. The van der Waals surface area contributed by atoms with Gasteiger partial charge in [0.15, 0.2) is 0 Å². The van der Waals surface area contributed by atoms with Crippen molar-refractivity contribution >= 4 is 22.5 Å². The van der Waals surface area contributed by atoms with Crippen LogP contribution >= 0.6 is 0 Å². The van der Waals surface area contributed by atoms with Crippen LogP contribution < -0.4 is 36.8 Å². The van der Waals surface area contributed by atoms with Crippen LogP contribution in [0.15, 0.2) is 71.7 Å². The fourth-order valence-corrected chi connectivity index (χ4v) is 7.85. The SMILES string of the molecule is CCCCOc1cccc(-n2cc(C(=O)N(CC)c3cc(F)cc(F)c3)c(=O)c3ccc(OCCCCCCC[N+]45CCC(CC4)CC5)cc32)c1.[Br-]. The fourth-order valence-electron chi connectivity index (χ4n) is 7.85. The zero-order chi connectivity index (χ0) is 35.8. The van der Waals surface area contributed by atoms with Crippen LogP contribution in [-0.2, 0) is 0 Å². The van der Waals surface area contributed by atoms with Crippen molar-refractivity contribution < 1.29 is 44.5 Å². The van der Waals surface area contributed by atoms with Crippen molar-refractivity contribution in [2.75, 3.05) is 50.8 Å². The Hall–Kier alpha value is -3.76. The molecule has 3 saturated heterocycles. The molecule has 3 aromatic carbocycles. The molecule has 0 unspecified atom stereocenters. The summed E-state index contributed by atoms with van der Waals surface area (Å²) in [4.78, 5) is 29.1. The van der Waals surface area contributed by atoms with Crippen molar-refractivity contribution in [2.24, 2.45) is 5.92 Å². The first kappa shape index (κ1) is 39.4. The molecule has 3 aliphatic rings. The Kier molecular flexibility index (Phi) is 13.9. The first-order chi connectivity index (χ1) is 24.8. The standard InChI is InChI=1S/C42H52F2N3O4.BrH/c1-3-5-23-50-36-13-11-12-34(28-36)46-30-39(42(49)45(4-2)35-26-32(43)25-33(44)27-35)41(48)38-15-14-37(29-40(38)46)51-24-10-8-6-7-9-19-47-20-16-31(17-21-47)18-22-47;/h11-15,25-31H,3-10,16-24H2,1-2H3;1H/q+1;/p-1. The number of benzene rings is 3. The Morgan fingerprint density at radius 3 is 2.17 bits per heavy atom. The summed E-state index contributed by atoms with van der Waals surface area (Å²) in [6.45, 7) is 10.6. The minimum absolute atomic E-state index is 0. The van der Waals surface area contributed by atoms with E-state index in [1.807, 2.05) is 30.3 Å². The van der Waals surface area contributed by atoms with Gasteiger partial charge in [-0.05, 0) is 94.2 Å². The zero-order valence-electron chi connectivity index (χ0n) is 30.6. The molecule has 10 heteroatoms. The molecule has 7 nitrogen and oxygen atoms in total. The number of fused-ring (bicyclic) bond motifs is 4. The molecule has 0 radical (unpaired) electrons. The Morgan fingerprint density at radius 1 is 0.827 bits per heavy atom. The molecule has 1 aromatic heterocycles. The lowest BCUT2D eigenvalue weighted by Gasteiger charge is -2.49. The number of quaternary nitrogens is 1. The van der Waals surface area contributed by atoms with Gasteiger partial charge in [-0.1, -0.05) is 32.3 Å². The summed E-state index contributed by atoms with van der Waals surface area (Å²) in [5.41, 5.74) is 0.724. The Balaban J connectivity index is 0.00000523. The topological polar surface area (TPSA) is 60.8 Å². The second-order valence-corrected chi connectivity index (χ2v) is 14.4. The van der Waals surface area contributed by atoms with Gasteiger partial charge in [0.2, 0.25) is 5.43 Å². The molecule has 4 heterocycles. The first-order valence-electron chi connectivity index (χ1n) is 19.0. The van der Waals surface area contributed by atoms with Crippen molar-refractivity contribution in [2.45, 2.75) is 78.1 Å². The van der Waals surface area contributed by atoms with E-state index >= 15 is 0 Å². The molecule has 280 valence electrons. The minimum Gasteiger partial charge on any atom is -1.00 e. The quantitative estimate of drug-likeness (QED) is 0.0965. The van der Waals surface area contributed by atoms with E-state index in [4.69, 9.17) is 9.47 Å². The minimum atomic E-state index is -0.806. The average molecular weight is 781 g/mol. The summed E-state index contributed by atoms with van der Waals surface area (Å²) in [6.07, 6.45) is 13.5. The van der Waals surface area contributed by atoms with Crippen LogP contribution in [0.2, 0.25) is 0 Å². The molecule has 1 amide bonds. The summed E-state index contributed by atoms with van der Waals surface area (Å²) >= 11 is 0. The molecule has 52 heavy (non-hydrogen) atoms. The molecular weight excluding hydrogens is 728 g/mol. The number of unbranched alkanes of at least 4 members (excludes halogenated alkanes) is 5. The van der Waals surface area contributed by atoms with Crippen molar-refractivity contribution in [1.29, 1.82) is 0 Å². The Bertz CT molecular complexity index is 1840. The second-order valence-electron chi connectivity index (χ2n) is 14.4.